The highest BCUT2D eigenvalue weighted by atomic mass is 127. The number of esters is 1. The van der Waals surface area contributed by atoms with Crippen molar-refractivity contribution in [2.75, 3.05) is 7.11 Å². The molecule has 0 saturated carbocycles. The number of hydrogen-bond donors (Lipinski definition) is 0. The highest BCUT2D eigenvalue weighted by molar-refractivity contribution is 14.1. The summed E-state index contributed by atoms with van der Waals surface area (Å²) in [5, 5.41) is 0.943. The average molecular weight is 331 g/mol. The van der Waals surface area contributed by atoms with Crippen molar-refractivity contribution in [3.05, 3.63) is 22.3 Å². The molecular weight excluding hydrogens is 321 g/mol. The Morgan fingerprint density at radius 2 is 2.38 bits per heavy atom. The van der Waals surface area contributed by atoms with E-state index in [2.05, 4.69) is 32.6 Å². The Labute approximate surface area is 106 Å². The van der Waals surface area contributed by atoms with Crippen LogP contribution in [0.5, 0.6) is 0 Å². The largest absolute Gasteiger partial charge is 0.467 e. The molecule has 0 fully saturated rings. The molecule has 0 amide bonds. The monoisotopic (exact) mass is 331 g/mol. The van der Waals surface area contributed by atoms with E-state index in [4.69, 9.17) is 4.74 Å². The van der Waals surface area contributed by atoms with Crippen molar-refractivity contribution in [1.29, 1.82) is 0 Å². The summed E-state index contributed by atoms with van der Waals surface area (Å²) < 4.78 is 7.53. The van der Waals surface area contributed by atoms with Crippen LogP contribution in [0.25, 0.3) is 11.0 Å². The number of carbonyl (C=O) groups excluding carboxylic acids is 1. The summed E-state index contributed by atoms with van der Waals surface area (Å²) >= 11 is 2.19. The maximum atomic E-state index is 11.5. The summed E-state index contributed by atoms with van der Waals surface area (Å²) in [5.74, 6) is -0.285. The highest BCUT2D eigenvalue weighted by Gasteiger charge is 2.19. The summed E-state index contributed by atoms with van der Waals surface area (Å²) in [4.78, 5) is 19.6. The van der Waals surface area contributed by atoms with Crippen LogP contribution in [0.2, 0.25) is 0 Å². The van der Waals surface area contributed by atoms with Gasteiger partial charge in [0.05, 0.1) is 12.5 Å². The van der Waals surface area contributed by atoms with Crippen molar-refractivity contribution in [2.45, 2.75) is 13.0 Å². The van der Waals surface area contributed by atoms with Gasteiger partial charge in [0.25, 0.3) is 0 Å². The Kier molecular flexibility index (Phi) is 3.08. The number of aromatic nitrogens is 3. The van der Waals surface area contributed by atoms with Crippen molar-refractivity contribution in [3.8, 4) is 0 Å². The Hall–Kier alpha value is -1.18. The maximum Gasteiger partial charge on any atom is 0.328 e. The number of ether oxygens (including phenoxy) is 1. The molecule has 84 valence electrons. The van der Waals surface area contributed by atoms with E-state index >= 15 is 0 Å². The van der Waals surface area contributed by atoms with Crippen LogP contribution in [-0.2, 0) is 9.53 Å². The van der Waals surface area contributed by atoms with E-state index in [1.807, 2.05) is 6.20 Å². The second-order valence-electron chi connectivity index (χ2n) is 3.34. The van der Waals surface area contributed by atoms with Crippen molar-refractivity contribution in [2.24, 2.45) is 0 Å². The van der Waals surface area contributed by atoms with E-state index < -0.39 is 0 Å². The summed E-state index contributed by atoms with van der Waals surface area (Å²) in [6.45, 7) is 1.78. The molecule has 0 aromatic carbocycles. The molecule has 0 N–H and O–H groups in total. The van der Waals surface area contributed by atoms with Crippen LogP contribution in [0.15, 0.2) is 18.7 Å². The highest BCUT2D eigenvalue weighted by Crippen LogP contribution is 2.23. The predicted molar refractivity (Wildman–Crippen MR) is 67.0 cm³/mol. The molecule has 2 heterocycles. The van der Waals surface area contributed by atoms with Crippen LogP contribution in [0.1, 0.15) is 13.0 Å². The number of methoxy groups -OCH3 is 1. The lowest BCUT2D eigenvalue weighted by atomic mass is 10.3. The average Bonchev–Trinajstić information content (AvgIpc) is 2.65. The molecule has 0 unspecified atom stereocenters. The Morgan fingerprint density at radius 1 is 1.62 bits per heavy atom. The number of carbonyl (C=O) groups is 1. The summed E-state index contributed by atoms with van der Waals surface area (Å²) in [5.41, 5.74) is 0.748. The smallest absolute Gasteiger partial charge is 0.328 e. The van der Waals surface area contributed by atoms with Crippen molar-refractivity contribution in [1.82, 2.24) is 14.5 Å². The molecule has 0 aliphatic carbocycles. The van der Waals surface area contributed by atoms with Crippen molar-refractivity contribution in [3.63, 3.8) is 0 Å². The molecule has 0 saturated heterocycles. The molecule has 5 nitrogen and oxygen atoms in total. The standard InChI is InChI=1S/C10H10IN3O2/c1-6(10(15)16-2)14-4-8(11)7-3-12-5-13-9(7)14/h3-6H,1-2H3/t6-/m0/s1. The van der Waals surface area contributed by atoms with Gasteiger partial charge in [-0.25, -0.2) is 14.8 Å². The maximum absolute atomic E-state index is 11.5. The van der Waals surface area contributed by atoms with Crippen LogP contribution in [-0.4, -0.2) is 27.6 Å². The van der Waals surface area contributed by atoms with E-state index in [9.17, 15) is 4.79 Å². The third-order valence-corrected chi connectivity index (χ3v) is 3.26. The molecule has 0 radical (unpaired) electrons. The van der Waals surface area contributed by atoms with Gasteiger partial charge >= 0.3 is 5.97 Å². The fourth-order valence-corrected chi connectivity index (χ4v) is 2.21. The predicted octanol–water partition coefficient (Wildman–Crippen LogP) is 1.77. The molecular formula is C10H10IN3O2. The zero-order chi connectivity index (χ0) is 11.7. The minimum absolute atomic E-state index is 0.285. The number of nitrogens with zero attached hydrogens (tertiary/aromatic N) is 3. The fourth-order valence-electron chi connectivity index (χ4n) is 1.53. The van der Waals surface area contributed by atoms with Crippen molar-refractivity contribution < 1.29 is 9.53 Å². The van der Waals surface area contributed by atoms with Gasteiger partial charge in [0, 0.05) is 16.0 Å². The van der Waals surface area contributed by atoms with Gasteiger partial charge in [-0.2, -0.15) is 0 Å². The van der Waals surface area contributed by atoms with Gasteiger partial charge in [-0.1, -0.05) is 0 Å². The normalized spacial score (nSPS) is 12.7. The number of hydrogen-bond acceptors (Lipinski definition) is 4. The van der Waals surface area contributed by atoms with Gasteiger partial charge in [-0.05, 0) is 29.5 Å². The third-order valence-electron chi connectivity index (χ3n) is 2.41. The first-order valence-electron chi connectivity index (χ1n) is 4.69. The molecule has 0 spiro atoms. The molecule has 0 aliphatic heterocycles. The third kappa shape index (κ3) is 1.77. The van der Waals surface area contributed by atoms with Gasteiger partial charge in [0.1, 0.15) is 18.0 Å². The Balaban J connectivity index is 2.57. The molecule has 1 atom stereocenters. The van der Waals surface area contributed by atoms with E-state index in [1.54, 1.807) is 17.7 Å². The van der Waals surface area contributed by atoms with Crippen LogP contribution < -0.4 is 0 Å². The first kappa shape index (κ1) is 11.3. The Bertz CT molecular complexity index is 538. The fraction of sp³-hybridized carbons (Fsp3) is 0.300. The van der Waals surface area contributed by atoms with E-state index in [0.29, 0.717) is 0 Å². The summed E-state index contributed by atoms with van der Waals surface area (Å²) in [6.07, 6.45) is 5.09. The van der Waals surface area contributed by atoms with Crippen LogP contribution >= 0.6 is 22.6 Å². The van der Waals surface area contributed by atoms with Gasteiger partial charge in [0.2, 0.25) is 0 Å². The quantitative estimate of drug-likeness (QED) is 0.622. The van der Waals surface area contributed by atoms with Crippen LogP contribution in [0.3, 0.4) is 0 Å². The Morgan fingerprint density at radius 3 is 3.06 bits per heavy atom. The van der Waals surface area contributed by atoms with Crippen LogP contribution in [0, 0.1) is 3.57 Å². The number of rotatable bonds is 2. The molecule has 0 bridgehead atoms. The minimum Gasteiger partial charge on any atom is -0.467 e. The van der Waals surface area contributed by atoms with Crippen LogP contribution in [0.4, 0.5) is 0 Å². The summed E-state index contributed by atoms with van der Waals surface area (Å²) in [7, 11) is 1.38. The van der Waals surface area contributed by atoms with E-state index in [0.717, 1.165) is 14.6 Å². The first-order chi connectivity index (χ1) is 7.65. The topological polar surface area (TPSA) is 57.0 Å². The molecule has 6 heteroatoms. The zero-order valence-electron chi connectivity index (χ0n) is 8.85. The van der Waals surface area contributed by atoms with E-state index in [-0.39, 0.29) is 12.0 Å². The molecule has 2 rings (SSSR count). The molecule has 2 aromatic rings. The number of fused-ring (bicyclic) bond motifs is 1. The number of halogens is 1. The molecule has 2 aromatic heterocycles. The lowest BCUT2D eigenvalue weighted by Gasteiger charge is -2.11. The zero-order valence-corrected chi connectivity index (χ0v) is 11.0. The lowest BCUT2D eigenvalue weighted by molar-refractivity contribution is -0.143. The van der Waals surface area contributed by atoms with Crippen molar-refractivity contribution >= 4 is 39.6 Å². The van der Waals surface area contributed by atoms with Gasteiger partial charge in [-0.15, -0.1) is 0 Å². The summed E-state index contributed by atoms with van der Waals surface area (Å²) in [6, 6.07) is -0.383. The second-order valence-corrected chi connectivity index (χ2v) is 4.51. The van der Waals surface area contributed by atoms with Gasteiger partial charge < -0.3 is 9.30 Å². The van der Waals surface area contributed by atoms with Gasteiger partial charge in [-0.3, -0.25) is 0 Å². The first-order valence-corrected chi connectivity index (χ1v) is 5.77. The second kappa shape index (κ2) is 4.36. The minimum atomic E-state index is -0.383. The SMILES string of the molecule is COC(=O)[C@H](C)n1cc(I)c2cncnc21. The van der Waals surface area contributed by atoms with Gasteiger partial charge in [0.15, 0.2) is 0 Å². The molecule has 16 heavy (non-hydrogen) atoms. The molecule has 0 aliphatic rings. The van der Waals surface area contributed by atoms with E-state index in [1.165, 1.54) is 13.4 Å². The lowest BCUT2D eigenvalue weighted by Crippen LogP contribution is -2.17.